The van der Waals surface area contributed by atoms with Gasteiger partial charge in [0.25, 0.3) is 0 Å². The summed E-state index contributed by atoms with van der Waals surface area (Å²) in [5.41, 5.74) is 0. The molecule has 6 heteroatoms. The highest BCUT2D eigenvalue weighted by molar-refractivity contribution is 4.99. The summed E-state index contributed by atoms with van der Waals surface area (Å²) in [5.74, 6) is 0. The van der Waals surface area contributed by atoms with Crippen molar-refractivity contribution in [3.63, 3.8) is 0 Å². The largest absolute Gasteiger partial charge is 0.387 e. The number of rotatable bonds is 2. The van der Waals surface area contributed by atoms with E-state index < -0.39 is 36.6 Å². The molecule has 4 N–H and O–H groups in total. The van der Waals surface area contributed by atoms with Crippen molar-refractivity contribution in [3.8, 4) is 0 Å². The number of hydrogen-bond donors (Lipinski definition) is 4. The minimum absolute atomic E-state index is 1.01. The second kappa shape index (κ2) is 4.52. The lowest BCUT2D eigenvalue weighted by molar-refractivity contribution is -0.235. The van der Waals surface area contributed by atoms with E-state index in [4.69, 9.17) is 9.47 Å². The van der Waals surface area contributed by atoms with E-state index in [1.165, 1.54) is 14.2 Å². The molecule has 84 valence electrons. The maximum absolute atomic E-state index is 9.50. The molecule has 1 aliphatic rings. The Labute approximate surface area is 81.7 Å². The molecule has 0 unspecified atom stereocenters. The van der Waals surface area contributed by atoms with Crippen molar-refractivity contribution >= 4 is 0 Å². The SMILES string of the molecule is CO[C@@H]1[C@H](O)[C@@H](O)[C@H](OC)[C@@H](O)[C@H]1O. The van der Waals surface area contributed by atoms with Crippen LogP contribution in [0, 0.1) is 0 Å². The van der Waals surface area contributed by atoms with Crippen molar-refractivity contribution in [1.29, 1.82) is 0 Å². The standard InChI is InChI=1S/C8H16O6/c1-13-7-3(9)5(11)8(14-2)6(12)4(7)10/h3-12H,1-2H3/t3-,4-,5-,6+,7-,8+/m1/s1. The first-order chi connectivity index (χ1) is 6.54. The van der Waals surface area contributed by atoms with Gasteiger partial charge in [-0.05, 0) is 0 Å². The van der Waals surface area contributed by atoms with Crippen LogP contribution in [0.15, 0.2) is 0 Å². The van der Waals surface area contributed by atoms with Crippen LogP contribution in [0.3, 0.4) is 0 Å². The molecule has 0 spiro atoms. The van der Waals surface area contributed by atoms with E-state index in [2.05, 4.69) is 0 Å². The van der Waals surface area contributed by atoms with Crippen LogP contribution in [0.25, 0.3) is 0 Å². The van der Waals surface area contributed by atoms with Gasteiger partial charge >= 0.3 is 0 Å². The molecule has 1 saturated carbocycles. The Bertz CT molecular complexity index is 151. The molecule has 1 fully saturated rings. The zero-order valence-corrected chi connectivity index (χ0v) is 8.07. The van der Waals surface area contributed by atoms with E-state index in [1.807, 2.05) is 0 Å². The van der Waals surface area contributed by atoms with E-state index in [0.717, 1.165) is 0 Å². The molecule has 6 atom stereocenters. The van der Waals surface area contributed by atoms with Crippen LogP contribution in [-0.4, -0.2) is 71.3 Å². The highest BCUT2D eigenvalue weighted by atomic mass is 16.5. The molecule has 0 aliphatic heterocycles. The summed E-state index contributed by atoms with van der Waals surface area (Å²) in [7, 11) is 2.56. The number of aliphatic hydroxyl groups excluding tert-OH is 4. The smallest absolute Gasteiger partial charge is 0.114 e. The van der Waals surface area contributed by atoms with Gasteiger partial charge in [-0.15, -0.1) is 0 Å². The van der Waals surface area contributed by atoms with Gasteiger partial charge in [-0.3, -0.25) is 0 Å². The number of aliphatic hydroxyl groups is 4. The van der Waals surface area contributed by atoms with Gasteiger partial charge in [-0.25, -0.2) is 0 Å². The van der Waals surface area contributed by atoms with Crippen molar-refractivity contribution in [2.45, 2.75) is 36.6 Å². The fraction of sp³-hybridized carbons (Fsp3) is 1.00. The van der Waals surface area contributed by atoms with Gasteiger partial charge in [0, 0.05) is 14.2 Å². The molecule has 0 amide bonds. The lowest BCUT2D eigenvalue weighted by Gasteiger charge is -2.42. The topological polar surface area (TPSA) is 99.4 Å². The summed E-state index contributed by atoms with van der Waals surface area (Å²) >= 11 is 0. The maximum Gasteiger partial charge on any atom is 0.114 e. The molecular weight excluding hydrogens is 192 g/mol. The van der Waals surface area contributed by atoms with Gasteiger partial charge in [-0.1, -0.05) is 0 Å². The molecule has 14 heavy (non-hydrogen) atoms. The molecule has 0 radical (unpaired) electrons. The summed E-state index contributed by atoms with van der Waals surface area (Å²) in [4.78, 5) is 0. The van der Waals surface area contributed by atoms with Crippen molar-refractivity contribution < 1.29 is 29.9 Å². The maximum atomic E-state index is 9.50. The van der Waals surface area contributed by atoms with Crippen LogP contribution in [-0.2, 0) is 9.47 Å². The minimum Gasteiger partial charge on any atom is -0.387 e. The quantitative estimate of drug-likeness (QED) is 0.399. The van der Waals surface area contributed by atoms with Crippen LogP contribution < -0.4 is 0 Å². The van der Waals surface area contributed by atoms with Crippen molar-refractivity contribution in [1.82, 2.24) is 0 Å². The molecule has 0 aromatic heterocycles. The third-order valence-corrected chi connectivity index (χ3v) is 2.59. The van der Waals surface area contributed by atoms with Crippen LogP contribution >= 0.6 is 0 Å². The second-order valence-corrected chi connectivity index (χ2v) is 3.36. The fourth-order valence-corrected chi connectivity index (χ4v) is 1.74. The lowest BCUT2D eigenvalue weighted by atomic mass is 9.85. The van der Waals surface area contributed by atoms with Crippen LogP contribution in [0.5, 0.6) is 0 Å². The molecular formula is C8H16O6. The fourth-order valence-electron chi connectivity index (χ4n) is 1.74. The van der Waals surface area contributed by atoms with Crippen molar-refractivity contribution in [2.75, 3.05) is 14.2 Å². The lowest BCUT2D eigenvalue weighted by Crippen LogP contribution is -2.64. The third kappa shape index (κ3) is 1.77. The van der Waals surface area contributed by atoms with Gasteiger partial charge in [-0.2, -0.15) is 0 Å². The van der Waals surface area contributed by atoms with Crippen LogP contribution in [0.1, 0.15) is 0 Å². The molecule has 0 saturated heterocycles. The summed E-state index contributed by atoms with van der Waals surface area (Å²) in [6.45, 7) is 0. The first-order valence-electron chi connectivity index (χ1n) is 4.32. The zero-order valence-electron chi connectivity index (χ0n) is 8.07. The van der Waals surface area contributed by atoms with Gasteiger partial charge in [0.1, 0.15) is 36.6 Å². The van der Waals surface area contributed by atoms with E-state index in [-0.39, 0.29) is 0 Å². The number of ether oxygens (including phenoxy) is 2. The molecule has 0 aromatic carbocycles. The summed E-state index contributed by atoms with van der Waals surface area (Å²) < 4.78 is 9.55. The first-order valence-corrected chi connectivity index (χ1v) is 4.32. The predicted octanol–water partition coefficient (Wildman–Crippen LogP) is -2.53. The van der Waals surface area contributed by atoms with Gasteiger partial charge in [0.2, 0.25) is 0 Å². The monoisotopic (exact) mass is 208 g/mol. The minimum atomic E-state index is -1.27. The Hall–Kier alpha value is -0.240. The molecule has 6 nitrogen and oxygen atoms in total. The van der Waals surface area contributed by atoms with Crippen molar-refractivity contribution in [3.05, 3.63) is 0 Å². The Kier molecular flexibility index (Phi) is 3.82. The highest BCUT2D eigenvalue weighted by Crippen LogP contribution is 2.24. The molecule has 1 rings (SSSR count). The second-order valence-electron chi connectivity index (χ2n) is 3.36. The normalized spacial score (nSPS) is 49.3. The highest BCUT2D eigenvalue weighted by Gasteiger charge is 2.49. The van der Waals surface area contributed by atoms with Gasteiger partial charge in [0.15, 0.2) is 0 Å². The number of hydrogen-bond acceptors (Lipinski definition) is 6. The molecule has 0 heterocycles. The third-order valence-electron chi connectivity index (χ3n) is 2.59. The summed E-state index contributed by atoms with van der Waals surface area (Å²) in [6.07, 6.45) is -7.11. The predicted molar refractivity (Wildman–Crippen MR) is 45.6 cm³/mol. The summed E-state index contributed by atoms with van der Waals surface area (Å²) in [6, 6.07) is 0. The zero-order chi connectivity index (χ0) is 10.9. The average molecular weight is 208 g/mol. The number of methoxy groups -OCH3 is 2. The van der Waals surface area contributed by atoms with E-state index >= 15 is 0 Å². The molecule has 0 bridgehead atoms. The van der Waals surface area contributed by atoms with E-state index in [9.17, 15) is 20.4 Å². The van der Waals surface area contributed by atoms with E-state index in [1.54, 1.807) is 0 Å². The van der Waals surface area contributed by atoms with E-state index in [0.29, 0.717) is 0 Å². The van der Waals surface area contributed by atoms with Gasteiger partial charge in [0.05, 0.1) is 0 Å². The van der Waals surface area contributed by atoms with Gasteiger partial charge < -0.3 is 29.9 Å². The van der Waals surface area contributed by atoms with Crippen molar-refractivity contribution in [2.24, 2.45) is 0 Å². The van der Waals surface area contributed by atoms with Crippen LogP contribution in [0.2, 0.25) is 0 Å². The average Bonchev–Trinajstić information content (AvgIpc) is 2.17. The molecule has 0 aromatic rings. The Morgan fingerprint density at radius 3 is 1.00 bits per heavy atom. The Morgan fingerprint density at radius 1 is 0.643 bits per heavy atom. The first kappa shape index (κ1) is 11.8. The Balaban J connectivity index is 2.81. The van der Waals surface area contributed by atoms with Crippen LogP contribution in [0.4, 0.5) is 0 Å². The Morgan fingerprint density at radius 2 is 0.857 bits per heavy atom. The molecule has 1 aliphatic carbocycles. The summed E-state index contributed by atoms with van der Waals surface area (Å²) in [5, 5.41) is 38.0.